The number of nitrogens with zero attached hydrogens (tertiary/aromatic N) is 2. The van der Waals surface area contributed by atoms with E-state index in [1.165, 1.54) is 18.4 Å². The van der Waals surface area contributed by atoms with Gasteiger partial charge in [-0.2, -0.15) is 0 Å². The molecule has 0 radical (unpaired) electrons. The highest BCUT2D eigenvalue weighted by Crippen LogP contribution is 2.27. The number of carbonyl (C=O) groups is 1. The summed E-state index contributed by atoms with van der Waals surface area (Å²) in [7, 11) is 3.54. The summed E-state index contributed by atoms with van der Waals surface area (Å²) in [6, 6.07) is 2.00. The normalized spacial score (nSPS) is 17.5. The number of methoxy groups -OCH3 is 1. The second-order valence-electron chi connectivity index (χ2n) is 3.92. The van der Waals surface area contributed by atoms with Crippen molar-refractivity contribution in [2.45, 2.75) is 0 Å². The average Bonchev–Trinajstić information content (AvgIpc) is 2.78. The predicted octanol–water partition coefficient (Wildman–Crippen LogP) is 1.29. The fourth-order valence-electron chi connectivity index (χ4n) is 1.84. The molecule has 2 heterocycles. The molecule has 0 bridgehead atoms. The van der Waals surface area contributed by atoms with Crippen LogP contribution in [0.5, 0.6) is 0 Å². The maximum absolute atomic E-state index is 11.6. The van der Waals surface area contributed by atoms with Gasteiger partial charge in [-0.05, 0) is 18.5 Å². The molecule has 1 fully saturated rings. The van der Waals surface area contributed by atoms with Crippen LogP contribution >= 0.6 is 11.3 Å². The monoisotopic (exact) mass is 240 g/mol. The SMILES string of the molecule is COC(=O)c1sccc1N1CCN(C)CC1. The number of anilines is 1. The molecule has 0 atom stereocenters. The van der Waals surface area contributed by atoms with Crippen molar-refractivity contribution >= 4 is 23.0 Å². The lowest BCUT2D eigenvalue weighted by atomic mass is 10.2. The number of thiophene rings is 1. The second kappa shape index (κ2) is 4.84. The molecule has 0 aromatic carbocycles. The Morgan fingerprint density at radius 1 is 1.38 bits per heavy atom. The minimum atomic E-state index is -0.232. The van der Waals surface area contributed by atoms with Gasteiger partial charge in [0.1, 0.15) is 4.88 Å². The molecule has 0 unspecified atom stereocenters. The standard InChI is InChI=1S/C11H16N2O2S/c1-12-4-6-13(7-5-12)9-3-8-16-10(9)11(14)15-2/h3,8H,4-7H2,1-2H3. The summed E-state index contributed by atoms with van der Waals surface area (Å²) in [5, 5.41) is 1.94. The quantitative estimate of drug-likeness (QED) is 0.729. The maximum atomic E-state index is 11.6. The first-order valence-electron chi connectivity index (χ1n) is 5.31. The van der Waals surface area contributed by atoms with Crippen molar-refractivity contribution in [3.05, 3.63) is 16.3 Å². The zero-order chi connectivity index (χ0) is 11.5. The van der Waals surface area contributed by atoms with E-state index in [4.69, 9.17) is 4.74 Å². The molecule has 1 saturated heterocycles. The summed E-state index contributed by atoms with van der Waals surface area (Å²) in [6.07, 6.45) is 0. The molecule has 1 aliphatic heterocycles. The zero-order valence-electron chi connectivity index (χ0n) is 9.60. The van der Waals surface area contributed by atoms with Gasteiger partial charge in [-0.25, -0.2) is 4.79 Å². The van der Waals surface area contributed by atoms with Crippen molar-refractivity contribution in [3.8, 4) is 0 Å². The number of piperazine rings is 1. The van der Waals surface area contributed by atoms with Gasteiger partial charge in [-0.1, -0.05) is 0 Å². The van der Waals surface area contributed by atoms with E-state index in [1.807, 2.05) is 11.4 Å². The van der Waals surface area contributed by atoms with E-state index in [0.29, 0.717) is 4.88 Å². The Kier molecular flexibility index (Phi) is 3.46. The van der Waals surface area contributed by atoms with Crippen molar-refractivity contribution in [1.82, 2.24) is 4.90 Å². The molecule has 88 valence electrons. The van der Waals surface area contributed by atoms with E-state index in [-0.39, 0.29) is 5.97 Å². The third-order valence-electron chi connectivity index (χ3n) is 2.86. The number of ether oxygens (including phenoxy) is 1. The minimum absolute atomic E-state index is 0.232. The van der Waals surface area contributed by atoms with Crippen LogP contribution in [0.15, 0.2) is 11.4 Å². The summed E-state index contributed by atoms with van der Waals surface area (Å²) in [6.45, 7) is 4.02. The fraction of sp³-hybridized carbons (Fsp3) is 0.545. The van der Waals surface area contributed by atoms with Gasteiger partial charge in [-0.3, -0.25) is 0 Å². The topological polar surface area (TPSA) is 32.8 Å². The van der Waals surface area contributed by atoms with Crippen LogP contribution in [0.25, 0.3) is 0 Å². The zero-order valence-corrected chi connectivity index (χ0v) is 10.4. The number of esters is 1. The number of likely N-dealkylation sites (N-methyl/N-ethyl adjacent to an activating group) is 1. The molecular formula is C11H16N2O2S. The predicted molar refractivity (Wildman–Crippen MR) is 65.4 cm³/mol. The van der Waals surface area contributed by atoms with Crippen molar-refractivity contribution in [2.24, 2.45) is 0 Å². The van der Waals surface area contributed by atoms with Crippen molar-refractivity contribution < 1.29 is 9.53 Å². The molecule has 4 nitrogen and oxygen atoms in total. The van der Waals surface area contributed by atoms with Gasteiger partial charge in [0.05, 0.1) is 12.8 Å². The highest BCUT2D eigenvalue weighted by atomic mass is 32.1. The van der Waals surface area contributed by atoms with Crippen molar-refractivity contribution in [1.29, 1.82) is 0 Å². The van der Waals surface area contributed by atoms with E-state index in [9.17, 15) is 4.79 Å². The van der Waals surface area contributed by atoms with Gasteiger partial charge < -0.3 is 14.5 Å². The number of hydrogen-bond acceptors (Lipinski definition) is 5. The first-order chi connectivity index (χ1) is 7.72. The first-order valence-corrected chi connectivity index (χ1v) is 6.19. The molecular weight excluding hydrogens is 224 g/mol. The van der Waals surface area contributed by atoms with Crippen LogP contribution < -0.4 is 4.90 Å². The molecule has 2 rings (SSSR count). The van der Waals surface area contributed by atoms with Crippen LogP contribution in [0.3, 0.4) is 0 Å². The maximum Gasteiger partial charge on any atom is 0.350 e. The third kappa shape index (κ3) is 2.20. The van der Waals surface area contributed by atoms with Gasteiger partial charge >= 0.3 is 5.97 Å². The molecule has 16 heavy (non-hydrogen) atoms. The summed E-state index contributed by atoms with van der Waals surface area (Å²) in [5.41, 5.74) is 1.02. The average molecular weight is 240 g/mol. The first kappa shape index (κ1) is 11.4. The fourth-order valence-corrected chi connectivity index (χ4v) is 2.67. The Morgan fingerprint density at radius 3 is 2.69 bits per heavy atom. The highest BCUT2D eigenvalue weighted by Gasteiger charge is 2.21. The minimum Gasteiger partial charge on any atom is -0.465 e. The van der Waals surface area contributed by atoms with Crippen LogP contribution in [0, 0.1) is 0 Å². The lowest BCUT2D eigenvalue weighted by Gasteiger charge is -2.33. The molecule has 5 heteroatoms. The van der Waals surface area contributed by atoms with E-state index < -0.39 is 0 Å². The lowest BCUT2D eigenvalue weighted by Crippen LogP contribution is -2.44. The number of rotatable bonds is 2. The van der Waals surface area contributed by atoms with Crippen molar-refractivity contribution in [3.63, 3.8) is 0 Å². The van der Waals surface area contributed by atoms with Crippen LogP contribution in [0.4, 0.5) is 5.69 Å². The van der Waals surface area contributed by atoms with E-state index in [1.54, 1.807) is 0 Å². The van der Waals surface area contributed by atoms with Crippen LogP contribution in [0.1, 0.15) is 9.67 Å². The molecule has 0 amide bonds. The highest BCUT2D eigenvalue weighted by molar-refractivity contribution is 7.12. The van der Waals surface area contributed by atoms with Gasteiger partial charge in [0.2, 0.25) is 0 Å². The molecule has 0 N–H and O–H groups in total. The van der Waals surface area contributed by atoms with Gasteiger partial charge in [0, 0.05) is 26.2 Å². The Morgan fingerprint density at radius 2 is 2.06 bits per heavy atom. The lowest BCUT2D eigenvalue weighted by molar-refractivity contribution is 0.0607. The summed E-state index contributed by atoms with van der Waals surface area (Å²) >= 11 is 1.45. The van der Waals surface area contributed by atoms with Gasteiger partial charge in [-0.15, -0.1) is 11.3 Å². The molecule has 1 aromatic rings. The van der Waals surface area contributed by atoms with E-state index >= 15 is 0 Å². The second-order valence-corrected chi connectivity index (χ2v) is 4.83. The Bertz CT molecular complexity index is 370. The largest absolute Gasteiger partial charge is 0.465 e. The van der Waals surface area contributed by atoms with Gasteiger partial charge in [0.25, 0.3) is 0 Å². The smallest absolute Gasteiger partial charge is 0.350 e. The van der Waals surface area contributed by atoms with Crippen LogP contribution in [-0.2, 0) is 4.74 Å². The Balaban J connectivity index is 2.14. The van der Waals surface area contributed by atoms with E-state index in [2.05, 4.69) is 16.8 Å². The van der Waals surface area contributed by atoms with Gasteiger partial charge in [0.15, 0.2) is 0 Å². The van der Waals surface area contributed by atoms with Crippen LogP contribution in [0.2, 0.25) is 0 Å². The third-order valence-corrected chi connectivity index (χ3v) is 3.74. The van der Waals surface area contributed by atoms with E-state index in [0.717, 1.165) is 31.9 Å². The summed E-state index contributed by atoms with van der Waals surface area (Å²) in [4.78, 5) is 16.8. The number of hydrogen-bond donors (Lipinski definition) is 0. The molecule has 1 aliphatic rings. The molecule has 1 aromatic heterocycles. The molecule has 0 spiro atoms. The Hall–Kier alpha value is -1.07. The van der Waals surface area contributed by atoms with Crippen LogP contribution in [-0.4, -0.2) is 51.2 Å². The van der Waals surface area contributed by atoms with Crippen molar-refractivity contribution in [2.75, 3.05) is 45.2 Å². The summed E-state index contributed by atoms with van der Waals surface area (Å²) < 4.78 is 4.78. The summed E-state index contributed by atoms with van der Waals surface area (Å²) in [5.74, 6) is -0.232. The molecule has 0 aliphatic carbocycles. The number of carbonyl (C=O) groups excluding carboxylic acids is 1. The Labute approximate surface area is 99.4 Å². The molecule has 0 saturated carbocycles.